The van der Waals surface area contributed by atoms with E-state index in [1.807, 2.05) is 43.9 Å². The van der Waals surface area contributed by atoms with Gasteiger partial charge >= 0.3 is 0 Å². The summed E-state index contributed by atoms with van der Waals surface area (Å²) in [5.41, 5.74) is 7.70. The van der Waals surface area contributed by atoms with Gasteiger partial charge in [-0.3, -0.25) is 4.79 Å². The molecule has 3 nitrogen and oxygen atoms in total. The summed E-state index contributed by atoms with van der Waals surface area (Å²) in [7, 11) is 0. The summed E-state index contributed by atoms with van der Waals surface area (Å²) in [6, 6.07) is 8.07. The van der Waals surface area contributed by atoms with E-state index in [0.717, 1.165) is 18.5 Å². The molecule has 100 valence electrons. The van der Waals surface area contributed by atoms with E-state index in [1.54, 1.807) is 0 Å². The Morgan fingerprint density at radius 3 is 2.72 bits per heavy atom. The second kappa shape index (κ2) is 7.17. The van der Waals surface area contributed by atoms with E-state index in [9.17, 15) is 4.79 Å². The molecule has 1 amide bonds. The molecule has 1 unspecified atom stereocenters. The number of hydrogen-bond donors (Lipinski definition) is 1. The number of amides is 1. The number of carbonyl (C=O) groups excluding carboxylic acids is 1. The summed E-state index contributed by atoms with van der Waals surface area (Å²) in [5, 5.41) is 0. The molecule has 0 saturated carbocycles. The highest BCUT2D eigenvalue weighted by atomic mass is 16.2. The zero-order valence-corrected chi connectivity index (χ0v) is 11.6. The van der Waals surface area contributed by atoms with Crippen LogP contribution in [0.15, 0.2) is 24.3 Å². The number of anilines is 1. The summed E-state index contributed by atoms with van der Waals surface area (Å²) in [6.07, 6.45) is 1.69. The lowest BCUT2D eigenvalue weighted by atomic mass is 10.1. The van der Waals surface area contributed by atoms with Crippen molar-refractivity contribution in [2.24, 2.45) is 11.7 Å². The summed E-state index contributed by atoms with van der Waals surface area (Å²) in [5.74, 6) is 0.250. The number of hydrogen-bond acceptors (Lipinski definition) is 2. The zero-order chi connectivity index (χ0) is 13.5. The second-order valence-electron chi connectivity index (χ2n) is 4.78. The van der Waals surface area contributed by atoms with Crippen molar-refractivity contribution in [1.82, 2.24) is 0 Å². The minimum absolute atomic E-state index is 0.0586. The molecule has 0 aliphatic carbocycles. The molecule has 0 bridgehead atoms. The van der Waals surface area contributed by atoms with Crippen LogP contribution in [0.1, 0.15) is 32.3 Å². The molecule has 1 atom stereocenters. The lowest BCUT2D eigenvalue weighted by Crippen LogP contribution is -2.36. The molecule has 0 aromatic heterocycles. The molecule has 0 saturated heterocycles. The average molecular weight is 248 g/mol. The maximum Gasteiger partial charge on any atom is 0.229 e. The van der Waals surface area contributed by atoms with Crippen LogP contribution in [-0.2, 0) is 4.79 Å². The highest BCUT2D eigenvalue weighted by molar-refractivity contribution is 5.94. The SMILES string of the molecule is CCC(C)C(=O)N(CCCN)c1cccc(C)c1. The van der Waals surface area contributed by atoms with Crippen LogP contribution in [0.3, 0.4) is 0 Å². The molecule has 1 aromatic carbocycles. The Morgan fingerprint density at radius 1 is 1.44 bits per heavy atom. The maximum atomic E-state index is 12.4. The van der Waals surface area contributed by atoms with E-state index in [4.69, 9.17) is 5.73 Å². The first-order valence-corrected chi connectivity index (χ1v) is 6.68. The molecule has 0 heterocycles. The Labute approximate surface area is 110 Å². The van der Waals surface area contributed by atoms with Gasteiger partial charge in [0.1, 0.15) is 0 Å². The fourth-order valence-corrected chi connectivity index (χ4v) is 1.85. The van der Waals surface area contributed by atoms with E-state index in [2.05, 4.69) is 6.07 Å². The Balaban J connectivity index is 2.93. The molecule has 0 aliphatic rings. The van der Waals surface area contributed by atoms with Gasteiger partial charge in [0.25, 0.3) is 0 Å². The van der Waals surface area contributed by atoms with Crippen molar-refractivity contribution >= 4 is 11.6 Å². The molecule has 0 aliphatic heterocycles. The van der Waals surface area contributed by atoms with Crippen LogP contribution in [-0.4, -0.2) is 19.0 Å². The van der Waals surface area contributed by atoms with Crippen molar-refractivity contribution in [3.05, 3.63) is 29.8 Å². The summed E-state index contributed by atoms with van der Waals surface area (Å²) in [4.78, 5) is 14.2. The van der Waals surface area contributed by atoms with Crippen LogP contribution < -0.4 is 10.6 Å². The Hall–Kier alpha value is -1.35. The Bertz CT molecular complexity index is 390. The van der Waals surface area contributed by atoms with Gasteiger partial charge in [0.05, 0.1) is 0 Å². The Kier molecular flexibility index (Phi) is 5.86. The molecular formula is C15H24N2O. The highest BCUT2D eigenvalue weighted by Gasteiger charge is 2.20. The average Bonchev–Trinajstić information content (AvgIpc) is 2.38. The molecule has 2 N–H and O–H groups in total. The van der Waals surface area contributed by atoms with E-state index in [-0.39, 0.29) is 11.8 Å². The summed E-state index contributed by atoms with van der Waals surface area (Å²) in [6.45, 7) is 7.37. The van der Waals surface area contributed by atoms with Gasteiger partial charge < -0.3 is 10.6 Å². The summed E-state index contributed by atoms with van der Waals surface area (Å²) >= 11 is 0. The van der Waals surface area contributed by atoms with Gasteiger partial charge in [-0.25, -0.2) is 0 Å². The predicted octanol–water partition coefficient (Wildman–Crippen LogP) is 2.72. The third-order valence-electron chi connectivity index (χ3n) is 3.20. The topological polar surface area (TPSA) is 46.3 Å². The number of nitrogens with zero attached hydrogens (tertiary/aromatic N) is 1. The van der Waals surface area contributed by atoms with Crippen molar-refractivity contribution in [3.63, 3.8) is 0 Å². The number of benzene rings is 1. The van der Waals surface area contributed by atoms with Gasteiger partial charge in [-0.2, -0.15) is 0 Å². The number of aryl methyl sites for hydroxylation is 1. The second-order valence-corrected chi connectivity index (χ2v) is 4.78. The molecule has 1 aromatic rings. The number of rotatable bonds is 6. The molecule has 18 heavy (non-hydrogen) atoms. The maximum absolute atomic E-state index is 12.4. The van der Waals surface area contributed by atoms with Gasteiger partial charge in [-0.05, 0) is 44.0 Å². The third kappa shape index (κ3) is 3.84. The van der Waals surface area contributed by atoms with Crippen LogP contribution in [0.25, 0.3) is 0 Å². The predicted molar refractivity (Wildman–Crippen MR) is 76.7 cm³/mol. The van der Waals surface area contributed by atoms with Crippen LogP contribution in [0.4, 0.5) is 5.69 Å². The minimum atomic E-state index is 0.0586. The fraction of sp³-hybridized carbons (Fsp3) is 0.533. The highest BCUT2D eigenvalue weighted by Crippen LogP contribution is 2.19. The van der Waals surface area contributed by atoms with Crippen molar-refractivity contribution in [3.8, 4) is 0 Å². The normalized spacial score (nSPS) is 12.2. The fourth-order valence-electron chi connectivity index (χ4n) is 1.85. The minimum Gasteiger partial charge on any atom is -0.330 e. The number of nitrogens with two attached hydrogens (primary N) is 1. The first-order chi connectivity index (χ1) is 8.60. The van der Waals surface area contributed by atoms with Gasteiger partial charge in [0, 0.05) is 18.2 Å². The molecular weight excluding hydrogens is 224 g/mol. The largest absolute Gasteiger partial charge is 0.330 e. The van der Waals surface area contributed by atoms with E-state index in [1.165, 1.54) is 5.56 Å². The van der Waals surface area contributed by atoms with Crippen LogP contribution in [0.2, 0.25) is 0 Å². The smallest absolute Gasteiger partial charge is 0.229 e. The van der Waals surface area contributed by atoms with Gasteiger partial charge in [-0.15, -0.1) is 0 Å². The lowest BCUT2D eigenvalue weighted by Gasteiger charge is -2.25. The van der Waals surface area contributed by atoms with Crippen molar-refractivity contribution in [2.45, 2.75) is 33.6 Å². The monoisotopic (exact) mass is 248 g/mol. The van der Waals surface area contributed by atoms with Crippen LogP contribution in [0.5, 0.6) is 0 Å². The Morgan fingerprint density at radius 2 is 2.17 bits per heavy atom. The van der Waals surface area contributed by atoms with Crippen molar-refractivity contribution in [1.29, 1.82) is 0 Å². The van der Waals surface area contributed by atoms with E-state index in [0.29, 0.717) is 13.1 Å². The lowest BCUT2D eigenvalue weighted by molar-refractivity contribution is -0.122. The van der Waals surface area contributed by atoms with Crippen molar-refractivity contribution < 1.29 is 4.79 Å². The zero-order valence-electron chi connectivity index (χ0n) is 11.6. The summed E-state index contributed by atoms with van der Waals surface area (Å²) < 4.78 is 0. The molecule has 0 fully saturated rings. The van der Waals surface area contributed by atoms with Crippen LogP contribution >= 0.6 is 0 Å². The first kappa shape index (κ1) is 14.7. The molecule has 3 heteroatoms. The van der Waals surface area contributed by atoms with E-state index < -0.39 is 0 Å². The van der Waals surface area contributed by atoms with Gasteiger partial charge in [0.15, 0.2) is 0 Å². The standard InChI is InChI=1S/C15H24N2O/c1-4-13(3)15(18)17(10-6-9-16)14-8-5-7-12(2)11-14/h5,7-8,11,13H,4,6,9-10,16H2,1-3H3. The number of carbonyl (C=O) groups is 1. The van der Waals surface area contributed by atoms with Crippen molar-refractivity contribution in [2.75, 3.05) is 18.0 Å². The van der Waals surface area contributed by atoms with E-state index >= 15 is 0 Å². The third-order valence-corrected chi connectivity index (χ3v) is 3.20. The van der Waals surface area contributed by atoms with Gasteiger partial charge in [0.2, 0.25) is 5.91 Å². The van der Waals surface area contributed by atoms with Gasteiger partial charge in [-0.1, -0.05) is 26.0 Å². The molecule has 0 spiro atoms. The molecule has 1 rings (SSSR count). The van der Waals surface area contributed by atoms with Crippen LogP contribution in [0, 0.1) is 12.8 Å². The first-order valence-electron chi connectivity index (χ1n) is 6.68. The molecule has 0 radical (unpaired) electrons. The quantitative estimate of drug-likeness (QED) is 0.841.